The molecule has 174 valence electrons. The molecule has 0 atom stereocenters. The minimum atomic E-state index is -0.538. The number of unbranched alkanes of at least 4 members (excludes halogenated alkanes) is 3. The number of carbonyl (C=O) groups is 2. The van der Waals surface area contributed by atoms with Crippen molar-refractivity contribution in [3.63, 3.8) is 0 Å². The maximum absolute atomic E-state index is 12.5. The minimum Gasteiger partial charge on any atom is -0.493 e. The largest absolute Gasteiger partial charge is 0.493 e. The second-order valence-electron chi connectivity index (χ2n) is 6.88. The molecule has 0 fully saturated rings. The van der Waals surface area contributed by atoms with Crippen LogP contribution >= 0.6 is 15.9 Å². The van der Waals surface area contributed by atoms with E-state index in [2.05, 4.69) is 33.7 Å². The zero-order valence-electron chi connectivity index (χ0n) is 18.7. The molecule has 0 aliphatic heterocycles. The summed E-state index contributed by atoms with van der Waals surface area (Å²) in [5.74, 6) is 0.687. The highest BCUT2D eigenvalue weighted by Gasteiger charge is 2.18. The number of hydrogen-bond donors (Lipinski definition) is 2. The Labute approximate surface area is 196 Å². The van der Waals surface area contributed by atoms with Crippen LogP contribution in [0.25, 0.3) is 0 Å². The van der Waals surface area contributed by atoms with Crippen molar-refractivity contribution in [2.24, 2.45) is 0 Å². The molecule has 2 aromatic carbocycles. The van der Waals surface area contributed by atoms with Gasteiger partial charge < -0.3 is 18.9 Å². The molecule has 8 nitrogen and oxygen atoms in total. The van der Waals surface area contributed by atoms with E-state index in [-0.39, 0.29) is 5.56 Å². The second kappa shape index (κ2) is 12.8. The molecular weight excluding hydrogens is 480 g/mol. The summed E-state index contributed by atoms with van der Waals surface area (Å²) in [5.41, 5.74) is 5.38. The van der Waals surface area contributed by atoms with Gasteiger partial charge in [0.1, 0.15) is 5.75 Å². The summed E-state index contributed by atoms with van der Waals surface area (Å²) in [7, 11) is 4.38. The smallest absolute Gasteiger partial charge is 0.269 e. The molecular formula is C23H29BrN2O6. The predicted octanol–water partition coefficient (Wildman–Crippen LogP) is 4.51. The highest BCUT2D eigenvalue weighted by Crippen LogP contribution is 2.38. The highest BCUT2D eigenvalue weighted by molar-refractivity contribution is 9.10. The van der Waals surface area contributed by atoms with Gasteiger partial charge in [-0.3, -0.25) is 20.4 Å². The molecule has 0 unspecified atom stereocenters. The lowest BCUT2D eigenvalue weighted by atomic mass is 10.1. The van der Waals surface area contributed by atoms with Gasteiger partial charge in [-0.25, -0.2) is 0 Å². The van der Waals surface area contributed by atoms with Crippen LogP contribution in [-0.4, -0.2) is 39.8 Å². The first-order valence-corrected chi connectivity index (χ1v) is 11.1. The van der Waals surface area contributed by atoms with Crippen LogP contribution in [0.5, 0.6) is 23.0 Å². The van der Waals surface area contributed by atoms with Crippen LogP contribution in [0, 0.1) is 0 Å². The van der Waals surface area contributed by atoms with Gasteiger partial charge >= 0.3 is 0 Å². The van der Waals surface area contributed by atoms with E-state index in [4.69, 9.17) is 18.9 Å². The van der Waals surface area contributed by atoms with Crippen molar-refractivity contribution in [2.75, 3.05) is 27.9 Å². The zero-order chi connectivity index (χ0) is 23.5. The average Bonchev–Trinajstić information content (AvgIpc) is 2.81. The van der Waals surface area contributed by atoms with Crippen molar-refractivity contribution in [1.29, 1.82) is 0 Å². The van der Waals surface area contributed by atoms with Gasteiger partial charge in [-0.2, -0.15) is 0 Å². The fourth-order valence-corrected chi connectivity index (χ4v) is 3.43. The number of methoxy groups -OCH3 is 3. The number of halogens is 1. The average molecular weight is 509 g/mol. The summed E-state index contributed by atoms with van der Waals surface area (Å²) in [6, 6.07) is 7.98. The molecule has 2 amide bonds. The maximum Gasteiger partial charge on any atom is 0.269 e. The first-order valence-electron chi connectivity index (χ1n) is 10.3. The molecule has 0 spiro atoms. The van der Waals surface area contributed by atoms with Crippen LogP contribution in [0.2, 0.25) is 0 Å². The van der Waals surface area contributed by atoms with Crippen molar-refractivity contribution in [3.8, 4) is 23.0 Å². The number of hydrazine groups is 1. The van der Waals surface area contributed by atoms with Crippen LogP contribution in [-0.2, 0) is 0 Å². The summed E-state index contributed by atoms with van der Waals surface area (Å²) < 4.78 is 22.2. The van der Waals surface area contributed by atoms with E-state index in [1.54, 1.807) is 18.2 Å². The fraction of sp³-hybridized carbons (Fsp3) is 0.391. The third kappa shape index (κ3) is 6.78. The summed E-state index contributed by atoms with van der Waals surface area (Å²) in [4.78, 5) is 25.0. The highest BCUT2D eigenvalue weighted by atomic mass is 79.9. The molecule has 2 aromatic rings. The van der Waals surface area contributed by atoms with Gasteiger partial charge in [-0.15, -0.1) is 0 Å². The van der Waals surface area contributed by atoms with Crippen LogP contribution in [0.3, 0.4) is 0 Å². The van der Waals surface area contributed by atoms with Crippen molar-refractivity contribution in [1.82, 2.24) is 10.9 Å². The molecule has 2 N–H and O–H groups in total. The van der Waals surface area contributed by atoms with Crippen molar-refractivity contribution in [3.05, 3.63) is 45.9 Å². The summed E-state index contributed by atoms with van der Waals surface area (Å²) in [6.45, 7) is 2.78. The Bertz CT molecular complexity index is 910. The summed E-state index contributed by atoms with van der Waals surface area (Å²) in [5, 5.41) is 0. The Morgan fingerprint density at radius 3 is 1.97 bits per heavy atom. The Hall–Kier alpha value is -2.94. The molecule has 0 bridgehead atoms. The topological polar surface area (TPSA) is 95.1 Å². The van der Waals surface area contributed by atoms with Gasteiger partial charge in [0.25, 0.3) is 11.8 Å². The van der Waals surface area contributed by atoms with Gasteiger partial charge in [0.05, 0.1) is 32.4 Å². The normalized spacial score (nSPS) is 10.3. The lowest BCUT2D eigenvalue weighted by Gasteiger charge is -2.14. The summed E-state index contributed by atoms with van der Waals surface area (Å²) >= 11 is 3.43. The SMILES string of the molecule is CCCCCCOc1ccc(C(=O)NNC(=O)c2cc(OC)c(OC)c(OC)c2)cc1Br. The van der Waals surface area contributed by atoms with E-state index in [9.17, 15) is 9.59 Å². The van der Waals surface area contributed by atoms with Gasteiger partial charge in [0.15, 0.2) is 11.5 Å². The Morgan fingerprint density at radius 2 is 1.44 bits per heavy atom. The third-order valence-corrected chi connectivity index (χ3v) is 5.29. The third-order valence-electron chi connectivity index (χ3n) is 4.67. The maximum atomic E-state index is 12.5. The van der Waals surface area contributed by atoms with E-state index < -0.39 is 11.8 Å². The fourth-order valence-electron chi connectivity index (χ4n) is 2.94. The quantitative estimate of drug-likeness (QED) is 0.342. The van der Waals surface area contributed by atoms with Crippen LogP contribution in [0.15, 0.2) is 34.8 Å². The lowest BCUT2D eigenvalue weighted by Crippen LogP contribution is -2.41. The number of carbonyl (C=O) groups excluding carboxylic acids is 2. The number of benzene rings is 2. The predicted molar refractivity (Wildman–Crippen MR) is 125 cm³/mol. The monoisotopic (exact) mass is 508 g/mol. The van der Waals surface area contributed by atoms with E-state index in [0.29, 0.717) is 39.6 Å². The van der Waals surface area contributed by atoms with Gasteiger partial charge in [0, 0.05) is 11.1 Å². The number of ether oxygens (including phenoxy) is 4. The first-order chi connectivity index (χ1) is 15.4. The van der Waals surface area contributed by atoms with E-state index in [0.717, 1.165) is 12.8 Å². The zero-order valence-corrected chi connectivity index (χ0v) is 20.3. The number of hydrogen-bond acceptors (Lipinski definition) is 6. The molecule has 9 heteroatoms. The minimum absolute atomic E-state index is 0.229. The van der Waals surface area contributed by atoms with E-state index >= 15 is 0 Å². The van der Waals surface area contributed by atoms with Crippen molar-refractivity contribution >= 4 is 27.7 Å². The van der Waals surface area contributed by atoms with Gasteiger partial charge in [-0.05, 0) is 52.7 Å². The molecule has 0 aliphatic rings. The van der Waals surface area contributed by atoms with Crippen LogP contribution < -0.4 is 29.8 Å². The molecule has 0 aliphatic carbocycles. The van der Waals surface area contributed by atoms with Crippen molar-refractivity contribution < 1.29 is 28.5 Å². The Balaban J connectivity index is 1.98. The van der Waals surface area contributed by atoms with Gasteiger partial charge in [0.2, 0.25) is 5.75 Å². The van der Waals surface area contributed by atoms with Crippen LogP contribution in [0.1, 0.15) is 53.3 Å². The molecule has 0 heterocycles. The van der Waals surface area contributed by atoms with Gasteiger partial charge in [-0.1, -0.05) is 26.2 Å². The molecule has 0 radical (unpaired) electrons. The second-order valence-corrected chi connectivity index (χ2v) is 7.73. The van der Waals surface area contributed by atoms with E-state index in [1.807, 2.05) is 0 Å². The molecule has 0 saturated carbocycles. The molecule has 32 heavy (non-hydrogen) atoms. The molecule has 2 rings (SSSR count). The number of rotatable bonds is 11. The molecule has 0 aromatic heterocycles. The molecule has 0 saturated heterocycles. The van der Waals surface area contributed by atoms with Crippen molar-refractivity contribution in [2.45, 2.75) is 32.6 Å². The first kappa shape index (κ1) is 25.3. The lowest BCUT2D eigenvalue weighted by molar-refractivity contribution is 0.0846. The standard InChI is InChI=1S/C23H29BrN2O6/c1-5-6-7-8-11-32-18-10-9-15(12-17(18)24)22(27)25-26-23(28)16-13-19(29-2)21(31-4)20(14-16)30-3/h9-10,12-14H,5-8,11H2,1-4H3,(H,25,27)(H,26,28). The number of nitrogens with one attached hydrogen (secondary N) is 2. The Kier molecular flexibility index (Phi) is 10.1. The Morgan fingerprint density at radius 1 is 0.812 bits per heavy atom. The summed E-state index contributed by atoms with van der Waals surface area (Å²) in [6.07, 6.45) is 4.46. The number of amides is 2. The van der Waals surface area contributed by atoms with Crippen LogP contribution in [0.4, 0.5) is 0 Å². The van der Waals surface area contributed by atoms with E-state index in [1.165, 1.54) is 46.3 Å².